The number of ether oxygens (including phenoxy) is 2. The van der Waals surface area contributed by atoms with Crippen molar-refractivity contribution in [3.05, 3.63) is 76.2 Å². The first kappa shape index (κ1) is 21.4. The predicted octanol–water partition coefficient (Wildman–Crippen LogP) is 3.65. The second kappa shape index (κ2) is 8.72. The number of esters is 1. The number of nitrogens with zero attached hydrogens (tertiary/aromatic N) is 3. The molecule has 0 spiro atoms. The van der Waals surface area contributed by atoms with Gasteiger partial charge in [0.05, 0.1) is 19.8 Å². The highest BCUT2D eigenvalue weighted by Crippen LogP contribution is 2.36. The van der Waals surface area contributed by atoms with Crippen LogP contribution in [0.4, 0.5) is 11.6 Å². The third-order valence-electron chi connectivity index (χ3n) is 5.00. The molecule has 3 aromatic rings. The summed E-state index contributed by atoms with van der Waals surface area (Å²) in [6, 6.07) is 13.4. The summed E-state index contributed by atoms with van der Waals surface area (Å²) in [7, 11) is 2.83. The van der Waals surface area contributed by atoms with Crippen LogP contribution in [0.3, 0.4) is 0 Å². The molecule has 0 bridgehead atoms. The van der Waals surface area contributed by atoms with E-state index in [4.69, 9.17) is 21.1 Å². The van der Waals surface area contributed by atoms with E-state index in [2.05, 4.69) is 20.7 Å². The minimum absolute atomic E-state index is 0.110. The number of benzene rings is 2. The van der Waals surface area contributed by atoms with Crippen LogP contribution in [0.1, 0.15) is 29.1 Å². The smallest absolute Gasteiger partial charge is 0.378 e. The maximum atomic E-state index is 13.4. The van der Waals surface area contributed by atoms with Crippen LogP contribution in [-0.4, -0.2) is 40.9 Å². The average molecular weight is 454 g/mol. The van der Waals surface area contributed by atoms with Crippen molar-refractivity contribution >= 4 is 35.1 Å². The van der Waals surface area contributed by atoms with E-state index in [1.165, 1.54) is 11.8 Å². The molecule has 1 atom stereocenters. The van der Waals surface area contributed by atoms with Crippen molar-refractivity contribution in [1.82, 2.24) is 14.8 Å². The number of hydrogen-bond donors (Lipinski definition) is 2. The fourth-order valence-electron chi connectivity index (χ4n) is 3.45. The van der Waals surface area contributed by atoms with Gasteiger partial charge >= 0.3 is 5.97 Å². The lowest BCUT2D eigenvalue weighted by atomic mass is 9.95. The Labute approximate surface area is 189 Å². The molecule has 0 radical (unpaired) electrons. The molecule has 1 aromatic heterocycles. The van der Waals surface area contributed by atoms with E-state index in [9.17, 15) is 9.59 Å². The van der Waals surface area contributed by atoms with E-state index in [0.717, 1.165) is 5.56 Å². The van der Waals surface area contributed by atoms with Gasteiger partial charge in [0.2, 0.25) is 5.95 Å². The zero-order valence-corrected chi connectivity index (χ0v) is 18.3. The van der Waals surface area contributed by atoms with E-state index in [1.54, 1.807) is 50.4 Å². The number of rotatable bonds is 5. The molecule has 2 aromatic carbocycles. The lowest BCUT2D eigenvalue weighted by Gasteiger charge is -2.28. The van der Waals surface area contributed by atoms with Gasteiger partial charge in [-0.15, -0.1) is 5.10 Å². The number of aromatic nitrogens is 3. The highest BCUT2D eigenvalue weighted by atomic mass is 35.5. The summed E-state index contributed by atoms with van der Waals surface area (Å²) in [4.78, 5) is 29.6. The Morgan fingerprint density at radius 1 is 1.09 bits per heavy atom. The van der Waals surface area contributed by atoms with Gasteiger partial charge in [-0.1, -0.05) is 23.7 Å². The third kappa shape index (κ3) is 4.02. The highest BCUT2D eigenvalue weighted by Gasteiger charge is 2.35. The molecule has 4 rings (SSSR count). The van der Waals surface area contributed by atoms with Crippen LogP contribution >= 0.6 is 11.6 Å². The number of fused-ring (bicyclic) bond motifs is 1. The third-order valence-corrected chi connectivity index (χ3v) is 5.25. The number of amides is 1. The fraction of sp³-hybridized carbons (Fsp3) is 0.182. The van der Waals surface area contributed by atoms with Crippen LogP contribution in [0, 0.1) is 0 Å². The Morgan fingerprint density at radius 2 is 1.78 bits per heavy atom. The number of halogens is 1. The Kier molecular flexibility index (Phi) is 5.83. The summed E-state index contributed by atoms with van der Waals surface area (Å²) in [5.41, 5.74) is 2.34. The van der Waals surface area contributed by atoms with Crippen molar-refractivity contribution in [3.8, 4) is 5.75 Å². The predicted molar refractivity (Wildman–Crippen MR) is 119 cm³/mol. The molecule has 10 heteroatoms. The molecule has 1 amide bonds. The van der Waals surface area contributed by atoms with E-state index in [-0.39, 0.29) is 11.7 Å². The number of anilines is 2. The summed E-state index contributed by atoms with van der Waals surface area (Å²) in [5.74, 6) is -0.122. The second-order valence-corrected chi connectivity index (χ2v) is 7.43. The second-order valence-electron chi connectivity index (χ2n) is 7.00. The molecule has 1 unspecified atom stereocenters. The van der Waals surface area contributed by atoms with Gasteiger partial charge in [0, 0.05) is 16.4 Å². The molecule has 0 fully saturated rings. The Bertz CT molecular complexity index is 1200. The molecule has 0 saturated heterocycles. The van der Waals surface area contributed by atoms with Crippen molar-refractivity contribution in [2.24, 2.45) is 0 Å². The summed E-state index contributed by atoms with van der Waals surface area (Å²) in [6.07, 6.45) is 0. The average Bonchev–Trinajstić information content (AvgIpc) is 3.22. The standard InChI is InChI=1S/C22H20ClN5O4/c1-12-17(20(29)25-15-8-6-14(23)7-9-15)18(13-4-10-16(31-2)11-5-13)28-22(24-12)26-19(27-28)21(30)32-3/h4-11,18H,1-3H3,(H,25,29)(H,24,26,27). The van der Waals surface area contributed by atoms with Crippen LogP contribution in [-0.2, 0) is 9.53 Å². The van der Waals surface area contributed by atoms with E-state index in [1.807, 2.05) is 12.1 Å². The number of hydrogen-bond acceptors (Lipinski definition) is 7. The van der Waals surface area contributed by atoms with Crippen LogP contribution < -0.4 is 15.4 Å². The van der Waals surface area contributed by atoms with Crippen molar-refractivity contribution < 1.29 is 19.1 Å². The maximum Gasteiger partial charge on any atom is 0.378 e. The van der Waals surface area contributed by atoms with Gasteiger partial charge in [-0.3, -0.25) is 4.79 Å². The first-order valence-corrected chi connectivity index (χ1v) is 10.0. The summed E-state index contributed by atoms with van der Waals surface area (Å²) in [5, 5.41) is 10.8. The minimum Gasteiger partial charge on any atom is -0.497 e. The van der Waals surface area contributed by atoms with Gasteiger partial charge in [-0.2, -0.15) is 4.98 Å². The van der Waals surface area contributed by atoms with Crippen molar-refractivity contribution in [3.63, 3.8) is 0 Å². The van der Waals surface area contributed by atoms with Gasteiger partial charge in [0.15, 0.2) is 0 Å². The molecule has 1 aliphatic heterocycles. The number of nitrogens with one attached hydrogen (secondary N) is 2. The first-order chi connectivity index (χ1) is 15.4. The lowest BCUT2D eigenvalue weighted by molar-refractivity contribution is -0.113. The van der Waals surface area contributed by atoms with Gasteiger partial charge in [-0.25, -0.2) is 9.48 Å². The molecule has 2 N–H and O–H groups in total. The van der Waals surface area contributed by atoms with Gasteiger partial charge in [0.1, 0.15) is 11.8 Å². The Morgan fingerprint density at radius 3 is 2.41 bits per heavy atom. The van der Waals surface area contributed by atoms with Crippen molar-refractivity contribution in [2.45, 2.75) is 13.0 Å². The van der Waals surface area contributed by atoms with Crippen LogP contribution in [0.15, 0.2) is 59.8 Å². The zero-order valence-electron chi connectivity index (χ0n) is 17.5. The summed E-state index contributed by atoms with van der Waals surface area (Å²) >= 11 is 5.95. The minimum atomic E-state index is -0.674. The lowest BCUT2D eigenvalue weighted by Crippen LogP contribution is -2.31. The summed E-state index contributed by atoms with van der Waals surface area (Å²) < 4.78 is 11.5. The molecule has 32 heavy (non-hydrogen) atoms. The monoisotopic (exact) mass is 453 g/mol. The first-order valence-electron chi connectivity index (χ1n) is 9.64. The molecule has 1 aliphatic rings. The number of carbonyl (C=O) groups excluding carboxylic acids is 2. The number of carbonyl (C=O) groups is 2. The van der Waals surface area contributed by atoms with E-state index < -0.39 is 12.0 Å². The maximum absolute atomic E-state index is 13.4. The Hall–Kier alpha value is -3.85. The van der Waals surface area contributed by atoms with E-state index in [0.29, 0.717) is 33.7 Å². The topological polar surface area (TPSA) is 107 Å². The number of allylic oxidation sites excluding steroid dienone is 1. The largest absolute Gasteiger partial charge is 0.497 e. The molecular formula is C22H20ClN5O4. The fourth-order valence-corrected chi connectivity index (χ4v) is 3.57. The molecule has 164 valence electrons. The molecular weight excluding hydrogens is 434 g/mol. The zero-order chi connectivity index (χ0) is 22.8. The quantitative estimate of drug-likeness (QED) is 0.567. The van der Waals surface area contributed by atoms with Gasteiger partial charge < -0.3 is 20.1 Å². The van der Waals surface area contributed by atoms with Crippen LogP contribution in [0.2, 0.25) is 5.02 Å². The van der Waals surface area contributed by atoms with Crippen LogP contribution in [0.25, 0.3) is 0 Å². The van der Waals surface area contributed by atoms with Gasteiger partial charge in [0.25, 0.3) is 11.7 Å². The van der Waals surface area contributed by atoms with Gasteiger partial charge in [-0.05, 0) is 48.9 Å². The Balaban J connectivity index is 1.78. The normalized spacial score (nSPS) is 14.9. The number of methoxy groups -OCH3 is 2. The summed E-state index contributed by atoms with van der Waals surface area (Å²) in [6.45, 7) is 1.77. The van der Waals surface area contributed by atoms with Crippen molar-refractivity contribution in [1.29, 1.82) is 0 Å². The highest BCUT2D eigenvalue weighted by molar-refractivity contribution is 6.30. The molecule has 0 saturated carbocycles. The molecule has 9 nitrogen and oxygen atoms in total. The molecule has 2 heterocycles. The van der Waals surface area contributed by atoms with E-state index >= 15 is 0 Å². The van der Waals surface area contributed by atoms with Crippen molar-refractivity contribution in [2.75, 3.05) is 24.9 Å². The SMILES string of the molecule is COC(=O)c1nc2n(n1)C(c1ccc(OC)cc1)C(C(=O)Nc1ccc(Cl)cc1)=C(C)N2. The van der Waals surface area contributed by atoms with Crippen LogP contribution in [0.5, 0.6) is 5.75 Å². The molecule has 0 aliphatic carbocycles.